The summed E-state index contributed by atoms with van der Waals surface area (Å²) < 4.78 is 5.28. The molecule has 1 aromatic heterocycles. The molecular formula is C12H7ClN2O5. The number of rotatable bonds is 4. The zero-order valence-corrected chi connectivity index (χ0v) is 10.6. The van der Waals surface area contributed by atoms with Crippen LogP contribution in [0.2, 0.25) is 5.02 Å². The molecule has 0 unspecified atom stereocenters. The number of hydrogen-bond donors (Lipinski definition) is 1. The lowest BCUT2D eigenvalue weighted by molar-refractivity contribution is -0.384. The lowest BCUT2D eigenvalue weighted by Crippen LogP contribution is -1.99. The van der Waals surface area contributed by atoms with E-state index in [1.54, 1.807) is 0 Å². The number of hydrogen-bond acceptors (Lipinski definition) is 5. The van der Waals surface area contributed by atoms with E-state index in [1.807, 2.05) is 0 Å². The van der Waals surface area contributed by atoms with Crippen molar-refractivity contribution in [3.05, 3.63) is 57.2 Å². The van der Waals surface area contributed by atoms with Crippen LogP contribution in [-0.4, -0.2) is 21.0 Å². The van der Waals surface area contributed by atoms with Crippen molar-refractivity contribution in [2.75, 3.05) is 0 Å². The summed E-state index contributed by atoms with van der Waals surface area (Å²) in [5.41, 5.74) is -0.308. The monoisotopic (exact) mass is 294 g/mol. The summed E-state index contributed by atoms with van der Waals surface area (Å²) in [7, 11) is 0. The minimum Gasteiger partial charge on any atom is -0.478 e. The second-order valence-electron chi connectivity index (χ2n) is 3.66. The SMILES string of the molecule is O=C(O)c1cc(Oc2cccc([N+](=O)[O-])c2)ncc1Cl. The highest BCUT2D eigenvalue weighted by Crippen LogP contribution is 2.26. The summed E-state index contributed by atoms with van der Waals surface area (Å²) in [5.74, 6) is -1.07. The van der Waals surface area contributed by atoms with Gasteiger partial charge in [0.1, 0.15) is 5.75 Å². The summed E-state index contributed by atoms with van der Waals surface area (Å²) in [6.45, 7) is 0. The lowest BCUT2D eigenvalue weighted by atomic mass is 10.2. The Hall–Kier alpha value is -2.67. The van der Waals surface area contributed by atoms with E-state index in [-0.39, 0.29) is 27.9 Å². The summed E-state index contributed by atoms with van der Waals surface area (Å²) >= 11 is 5.67. The molecule has 0 radical (unpaired) electrons. The van der Waals surface area contributed by atoms with Gasteiger partial charge in [-0.05, 0) is 6.07 Å². The molecule has 0 amide bonds. The first-order valence-electron chi connectivity index (χ1n) is 5.28. The molecule has 2 aromatic rings. The maximum Gasteiger partial charge on any atom is 0.337 e. The van der Waals surface area contributed by atoms with Gasteiger partial charge < -0.3 is 9.84 Å². The number of carboxylic acids is 1. The Bertz CT molecular complexity index is 689. The van der Waals surface area contributed by atoms with Crippen molar-refractivity contribution in [2.45, 2.75) is 0 Å². The van der Waals surface area contributed by atoms with E-state index >= 15 is 0 Å². The quantitative estimate of drug-likeness (QED) is 0.686. The molecular weight excluding hydrogens is 288 g/mol. The van der Waals surface area contributed by atoms with Crippen molar-refractivity contribution in [1.82, 2.24) is 4.98 Å². The fourth-order valence-electron chi connectivity index (χ4n) is 1.42. The average Bonchev–Trinajstić information content (AvgIpc) is 2.41. The van der Waals surface area contributed by atoms with Gasteiger partial charge in [0.15, 0.2) is 0 Å². The third-order valence-corrected chi connectivity index (χ3v) is 2.61. The van der Waals surface area contributed by atoms with Crippen molar-refractivity contribution in [3.8, 4) is 11.6 Å². The van der Waals surface area contributed by atoms with Gasteiger partial charge >= 0.3 is 5.97 Å². The van der Waals surface area contributed by atoms with E-state index in [1.165, 1.54) is 24.3 Å². The highest BCUT2D eigenvalue weighted by atomic mass is 35.5. The van der Waals surface area contributed by atoms with Crippen LogP contribution < -0.4 is 4.74 Å². The van der Waals surface area contributed by atoms with Crippen LogP contribution in [0.15, 0.2) is 36.5 Å². The molecule has 2 rings (SSSR count). The number of aromatic nitrogens is 1. The number of nitro groups is 1. The van der Waals surface area contributed by atoms with Gasteiger partial charge in [-0.1, -0.05) is 17.7 Å². The predicted octanol–water partition coefficient (Wildman–Crippen LogP) is 3.13. The number of nitro benzene ring substituents is 1. The topological polar surface area (TPSA) is 103 Å². The molecule has 0 atom stereocenters. The fraction of sp³-hybridized carbons (Fsp3) is 0. The van der Waals surface area contributed by atoms with E-state index in [2.05, 4.69) is 4.98 Å². The van der Waals surface area contributed by atoms with Crippen LogP contribution >= 0.6 is 11.6 Å². The lowest BCUT2D eigenvalue weighted by Gasteiger charge is -2.06. The minimum absolute atomic E-state index is 0.0210. The van der Waals surface area contributed by atoms with Crippen molar-refractivity contribution >= 4 is 23.3 Å². The summed E-state index contributed by atoms with van der Waals surface area (Å²) in [6, 6.07) is 6.59. The van der Waals surface area contributed by atoms with Gasteiger partial charge in [0.2, 0.25) is 5.88 Å². The summed E-state index contributed by atoms with van der Waals surface area (Å²) in [6.07, 6.45) is 1.14. The van der Waals surface area contributed by atoms with Crippen LogP contribution in [-0.2, 0) is 0 Å². The van der Waals surface area contributed by atoms with Gasteiger partial charge in [-0.2, -0.15) is 0 Å². The Morgan fingerprint density at radius 2 is 2.15 bits per heavy atom. The van der Waals surface area contributed by atoms with Crippen LogP contribution in [0.1, 0.15) is 10.4 Å². The zero-order chi connectivity index (χ0) is 14.7. The third-order valence-electron chi connectivity index (χ3n) is 2.31. The fourth-order valence-corrected chi connectivity index (χ4v) is 1.60. The molecule has 0 saturated heterocycles. The minimum atomic E-state index is -1.22. The number of aromatic carboxylic acids is 1. The highest BCUT2D eigenvalue weighted by molar-refractivity contribution is 6.33. The smallest absolute Gasteiger partial charge is 0.337 e. The van der Waals surface area contributed by atoms with Crippen molar-refractivity contribution < 1.29 is 19.6 Å². The predicted molar refractivity (Wildman–Crippen MR) is 69.4 cm³/mol. The Morgan fingerprint density at radius 3 is 2.80 bits per heavy atom. The van der Waals surface area contributed by atoms with Gasteiger partial charge in [-0.15, -0.1) is 0 Å². The van der Waals surface area contributed by atoms with Crippen LogP contribution in [0.3, 0.4) is 0 Å². The van der Waals surface area contributed by atoms with Crippen LogP contribution in [0, 0.1) is 10.1 Å². The number of non-ortho nitro benzene ring substituents is 1. The van der Waals surface area contributed by atoms with Crippen molar-refractivity contribution in [1.29, 1.82) is 0 Å². The first-order valence-corrected chi connectivity index (χ1v) is 5.66. The van der Waals surface area contributed by atoms with E-state index < -0.39 is 10.9 Å². The molecule has 0 aliphatic heterocycles. The maximum atomic E-state index is 10.9. The first kappa shape index (κ1) is 13.8. The summed E-state index contributed by atoms with van der Waals surface area (Å²) in [5, 5.41) is 19.5. The Labute approximate surface area is 117 Å². The molecule has 20 heavy (non-hydrogen) atoms. The van der Waals surface area contributed by atoms with E-state index in [0.29, 0.717) is 0 Å². The molecule has 0 fully saturated rings. The molecule has 7 nitrogen and oxygen atoms in total. The van der Waals surface area contributed by atoms with Crippen LogP contribution in [0.4, 0.5) is 5.69 Å². The molecule has 102 valence electrons. The van der Waals surface area contributed by atoms with Crippen molar-refractivity contribution in [2.24, 2.45) is 0 Å². The van der Waals surface area contributed by atoms with E-state index in [9.17, 15) is 14.9 Å². The van der Waals surface area contributed by atoms with Crippen LogP contribution in [0.5, 0.6) is 11.6 Å². The molecule has 0 aliphatic carbocycles. The van der Waals surface area contributed by atoms with Crippen molar-refractivity contribution in [3.63, 3.8) is 0 Å². The van der Waals surface area contributed by atoms with Gasteiger partial charge in [0.25, 0.3) is 5.69 Å². The maximum absolute atomic E-state index is 10.9. The molecule has 0 aliphatic rings. The number of halogens is 1. The second-order valence-corrected chi connectivity index (χ2v) is 4.07. The number of pyridine rings is 1. The molecule has 0 spiro atoms. The number of ether oxygens (including phenoxy) is 1. The van der Waals surface area contributed by atoms with Gasteiger partial charge in [0.05, 0.1) is 27.8 Å². The standard InChI is InChI=1S/C12H7ClN2O5/c13-10-6-14-11(5-9(10)12(16)17)20-8-3-1-2-7(4-8)15(18)19/h1-6H,(H,16,17). The number of carboxylic acid groups (broad SMARTS) is 1. The number of carbonyl (C=O) groups is 1. The molecule has 1 N–H and O–H groups in total. The zero-order valence-electron chi connectivity index (χ0n) is 9.82. The van der Waals surface area contributed by atoms with Crippen LogP contribution in [0.25, 0.3) is 0 Å². The molecule has 0 bridgehead atoms. The largest absolute Gasteiger partial charge is 0.478 e. The molecule has 0 saturated carbocycles. The van der Waals surface area contributed by atoms with E-state index in [4.69, 9.17) is 21.4 Å². The second kappa shape index (κ2) is 5.54. The molecule has 8 heteroatoms. The first-order chi connectivity index (χ1) is 9.47. The average molecular weight is 295 g/mol. The highest BCUT2D eigenvalue weighted by Gasteiger charge is 2.12. The number of nitrogens with zero attached hydrogens (tertiary/aromatic N) is 2. The molecule has 1 aromatic carbocycles. The Morgan fingerprint density at radius 1 is 1.40 bits per heavy atom. The number of benzene rings is 1. The van der Waals surface area contributed by atoms with E-state index in [0.717, 1.165) is 12.3 Å². The van der Waals surface area contributed by atoms with Gasteiger partial charge in [-0.25, -0.2) is 9.78 Å². The Kier molecular flexibility index (Phi) is 3.81. The summed E-state index contributed by atoms with van der Waals surface area (Å²) in [4.78, 5) is 24.8. The van der Waals surface area contributed by atoms with Gasteiger partial charge in [0, 0.05) is 12.1 Å². The Balaban J connectivity index is 2.30. The molecule has 1 heterocycles. The third kappa shape index (κ3) is 3.01. The van der Waals surface area contributed by atoms with Gasteiger partial charge in [-0.3, -0.25) is 10.1 Å². The normalized spacial score (nSPS) is 10.1.